The number of ether oxygens (including phenoxy) is 3. The standard InChI is InChI=1S/C22H24N2O4S/c1-4-9-27-18-6-7-19(15(2)10-18)24-22(25)16-5-8-20(21(11-16)26-3)28-12-17-13-29-14-23-17/h5-8,10-11,13-14H,4,9,12H2,1-3H3,(H,24,25). The van der Waals surface area contributed by atoms with Gasteiger partial charge in [0.05, 0.1) is 24.9 Å². The maximum atomic E-state index is 12.7. The number of aryl methyl sites for hydroxylation is 1. The van der Waals surface area contributed by atoms with E-state index >= 15 is 0 Å². The van der Waals surface area contributed by atoms with E-state index in [1.807, 2.05) is 30.5 Å². The summed E-state index contributed by atoms with van der Waals surface area (Å²) in [5, 5.41) is 4.86. The second-order valence-electron chi connectivity index (χ2n) is 6.41. The van der Waals surface area contributed by atoms with Crippen LogP contribution in [0.5, 0.6) is 17.2 Å². The van der Waals surface area contributed by atoms with E-state index in [1.165, 1.54) is 11.3 Å². The lowest BCUT2D eigenvalue weighted by molar-refractivity contribution is 0.102. The molecule has 0 spiro atoms. The number of anilines is 1. The number of carbonyl (C=O) groups excluding carboxylic acids is 1. The molecule has 0 unspecified atom stereocenters. The van der Waals surface area contributed by atoms with Gasteiger partial charge in [-0.1, -0.05) is 6.92 Å². The Morgan fingerprint density at radius 2 is 2.00 bits per heavy atom. The Morgan fingerprint density at radius 1 is 1.14 bits per heavy atom. The van der Waals surface area contributed by atoms with Gasteiger partial charge in [0.2, 0.25) is 0 Å². The summed E-state index contributed by atoms with van der Waals surface area (Å²) in [6.07, 6.45) is 0.947. The van der Waals surface area contributed by atoms with Gasteiger partial charge < -0.3 is 19.5 Å². The van der Waals surface area contributed by atoms with Gasteiger partial charge in [0, 0.05) is 16.6 Å². The molecule has 1 N–H and O–H groups in total. The Morgan fingerprint density at radius 3 is 2.69 bits per heavy atom. The van der Waals surface area contributed by atoms with Gasteiger partial charge >= 0.3 is 0 Å². The maximum Gasteiger partial charge on any atom is 0.255 e. The van der Waals surface area contributed by atoms with Crippen molar-refractivity contribution in [2.24, 2.45) is 0 Å². The SMILES string of the molecule is CCCOc1ccc(NC(=O)c2ccc(OCc3cscn3)c(OC)c2)c(C)c1. The molecule has 29 heavy (non-hydrogen) atoms. The minimum atomic E-state index is -0.223. The van der Waals surface area contributed by atoms with E-state index in [1.54, 1.807) is 30.8 Å². The minimum Gasteiger partial charge on any atom is -0.494 e. The zero-order chi connectivity index (χ0) is 20.6. The Hall–Kier alpha value is -3.06. The lowest BCUT2D eigenvalue weighted by Crippen LogP contribution is -2.13. The van der Waals surface area contributed by atoms with Crippen LogP contribution in [-0.4, -0.2) is 24.6 Å². The molecule has 3 rings (SSSR count). The number of methoxy groups -OCH3 is 1. The summed E-state index contributed by atoms with van der Waals surface area (Å²) in [4.78, 5) is 16.9. The summed E-state index contributed by atoms with van der Waals surface area (Å²) < 4.78 is 16.8. The highest BCUT2D eigenvalue weighted by Gasteiger charge is 2.13. The van der Waals surface area contributed by atoms with Crippen LogP contribution in [0.1, 0.15) is 35.0 Å². The number of hydrogen-bond acceptors (Lipinski definition) is 6. The molecular formula is C22H24N2O4S. The van der Waals surface area contributed by atoms with Gasteiger partial charge in [-0.3, -0.25) is 4.79 Å². The largest absolute Gasteiger partial charge is 0.494 e. The van der Waals surface area contributed by atoms with Crippen molar-refractivity contribution in [3.05, 3.63) is 64.1 Å². The van der Waals surface area contributed by atoms with E-state index in [0.29, 0.717) is 30.3 Å². The Bertz CT molecular complexity index is 957. The van der Waals surface area contributed by atoms with Crippen molar-refractivity contribution in [1.29, 1.82) is 0 Å². The van der Waals surface area contributed by atoms with Crippen LogP contribution < -0.4 is 19.5 Å². The molecule has 0 saturated heterocycles. The number of benzene rings is 2. The van der Waals surface area contributed by atoms with Crippen molar-refractivity contribution in [3.8, 4) is 17.2 Å². The summed E-state index contributed by atoms with van der Waals surface area (Å²) in [6, 6.07) is 10.7. The summed E-state index contributed by atoms with van der Waals surface area (Å²) >= 11 is 1.51. The molecule has 0 bridgehead atoms. The first-order valence-corrected chi connectivity index (χ1v) is 10.3. The fourth-order valence-electron chi connectivity index (χ4n) is 2.67. The molecule has 0 atom stereocenters. The van der Waals surface area contributed by atoms with Gasteiger partial charge in [0.1, 0.15) is 12.4 Å². The molecule has 0 aliphatic heterocycles. The molecule has 152 valence electrons. The normalized spacial score (nSPS) is 10.4. The third-order valence-corrected chi connectivity index (χ3v) is 4.84. The summed E-state index contributed by atoms with van der Waals surface area (Å²) in [6.45, 7) is 5.01. The van der Waals surface area contributed by atoms with E-state index < -0.39 is 0 Å². The predicted octanol–water partition coefficient (Wildman–Crippen LogP) is 5.08. The fraction of sp³-hybridized carbons (Fsp3) is 0.273. The van der Waals surface area contributed by atoms with Crippen LogP contribution in [-0.2, 0) is 6.61 Å². The first-order valence-electron chi connectivity index (χ1n) is 9.33. The molecule has 0 fully saturated rings. The van der Waals surface area contributed by atoms with Crippen LogP contribution >= 0.6 is 11.3 Å². The molecule has 0 radical (unpaired) electrons. The first kappa shape index (κ1) is 20.7. The molecule has 1 heterocycles. The van der Waals surface area contributed by atoms with Crippen molar-refractivity contribution in [2.45, 2.75) is 26.9 Å². The zero-order valence-corrected chi connectivity index (χ0v) is 17.5. The molecule has 0 aliphatic carbocycles. The third kappa shape index (κ3) is 5.48. The van der Waals surface area contributed by atoms with Crippen molar-refractivity contribution in [2.75, 3.05) is 19.0 Å². The van der Waals surface area contributed by atoms with Crippen molar-refractivity contribution in [1.82, 2.24) is 4.98 Å². The lowest BCUT2D eigenvalue weighted by atomic mass is 10.1. The number of amides is 1. The number of aromatic nitrogens is 1. The topological polar surface area (TPSA) is 69.7 Å². The highest BCUT2D eigenvalue weighted by molar-refractivity contribution is 7.07. The number of hydrogen-bond donors (Lipinski definition) is 1. The first-order chi connectivity index (χ1) is 14.1. The van der Waals surface area contributed by atoms with Crippen molar-refractivity contribution >= 4 is 22.9 Å². The highest BCUT2D eigenvalue weighted by Crippen LogP contribution is 2.29. The average Bonchev–Trinajstić information content (AvgIpc) is 3.26. The summed E-state index contributed by atoms with van der Waals surface area (Å²) in [7, 11) is 1.55. The number of carbonyl (C=O) groups is 1. The van der Waals surface area contributed by atoms with Crippen LogP contribution in [0.4, 0.5) is 5.69 Å². The van der Waals surface area contributed by atoms with Crippen LogP contribution in [0.25, 0.3) is 0 Å². The Kier molecular flexibility index (Phi) is 7.08. The van der Waals surface area contributed by atoms with Crippen LogP contribution in [0.2, 0.25) is 0 Å². The van der Waals surface area contributed by atoms with Gasteiger partial charge in [0.25, 0.3) is 5.91 Å². The lowest BCUT2D eigenvalue weighted by Gasteiger charge is -2.13. The summed E-state index contributed by atoms with van der Waals surface area (Å²) in [5.74, 6) is 1.63. The van der Waals surface area contributed by atoms with Gasteiger partial charge in [0.15, 0.2) is 11.5 Å². The van der Waals surface area contributed by atoms with Crippen LogP contribution in [0.15, 0.2) is 47.3 Å². The molecule has 6 nitrogen and oxygen atoms in total. The van der Waals surface area contributed by atoms with E-state index in [9.17, 15) is 4.79 Å². The molecule has 7 heteroatoms. The van der Waals surface area contributed by atoms with Crippen molar-refractivity contribution < 1.29 is 19.0 Å². The smallest absolute Gasteiger partial charge is 0.255 e. The molecular weight excluding hydrogens is 388 g/mol. The molecule has 1 amide bonds. The molecule has 1 aromatic heterocycles. The van der Waals surface area contributed by atoms with Crippen LogP contribution in [0, 0.1) is 6.92 Å². The molecule has 0 saturated carbocycles. The van der Waals surface area contributed by atoms with Gasteiger partial charge in [-0.05, 0) is 55.3 Å². The van der Waals surface area contributed by atoms with Crippen molar-refractivity contribution in [3.63, 3.8) is 0 Å². The number of nitrogens with one attached hydrogen (secondary N) is 1. The second-order valence-corrected chi connectivity index (χ2v) is 7.13. The monoisotopic (exact) mass is 412 g/mol. The molecule has 2 aromatic carbocycles. The zero-order valence-electron chi connectivity index (χ0n) is 16.7. The van der Waals surface area contributed by atoms with E-state index in [4.69, 9.17) is 14.2 Å². The van der Waals surface area contributed by atoms with Crippen LogP contribution in [0.3, 0.4) is 0 Å². The average molecular weight is 413 g/mol. The number of nitrogens with zero attached hydrogens (tertiary/aromatic N) is 1. The third-order valence-electron chi connectivity index (χ3n) is 4.20. The van der Waals surface area contributed by atoms with Gasteiger partial charge in [-0.25, -0.2) is 4.98 Å². The number of rotatable bonds is 9. The quantitative estimate of drug-likeness (QED) is 0.531. The van der Waals surface area contributed by atoms with E-state index in [-0.39, 0.29) is 5.91 Å². The van der Waals surface area contributed by atoms with Gasteiger partial charge in [-0.15, -0.1) is 11.3 Å². The van der Waals surface area contributed by atoms with Gasteiger partial charge in [-0.2, -0.15) is 0 Å². The molecule has 3 aromatic rings. The minimum absolute atomic E-state index is 0.223. The Labute approximate surface area is 174 Å². The number of thiazole rings is 1. The summed E-state index contributed by atoms with van der Waals surface area (Å²) in [5.41, 5.74) is 4.76. The maximum absolute atomic E-state index is 12.7. The van der Waals surface area contributed by atoms with E-state index in [0.717, 1.165) is 29.1 Å². The Balaban J connectivity index is 1.69. The predicted molar refractivity (Wildman–Crippen MR) is 114 cm³/mol. The highest BCUT2D eigenvalue weighted by atomic mass is 32.1. The second kappa shape index (κ2) is 9.93. The van der Waals surface area contributed by atoms with E-state index in [2.05, 4.69) is 17.2 Å². The fourth-order valence-corrected chi connectivity index (χ4v) is 3.21. The molecule has 0 aliphatic rings.